The Labute approximate surface area is 493 Å². The molecule has 470 valence electrons. The minimum absolute atomic E-state index is 0.207. The van der Waals surface area contributed by atoms with E-state index < -0.39 is 30.4 Å². The predicted octanol–water partition coefficient (Wildman–Crippen LogP) is 20.9. The minimum atomic E-state index is -2.17. The highest BCUT2D eigenvalue weighted by atomic mass is 32.2. The van der Waals surface area contributed by atoms with Crippen molar-refractivity contribution < 1.29 is 35.5 Å². The van der Waals surface area contributed by atoms with E-state index in [0.717, 1.165) is 70.6 Å². The lowest BCUT2D eigenvalue weighted by atomic mass is 9.85. The van der Waals surface area contributed by atoms with E-state index in [1.165, 1.54) is 295 Å². The zero-order chi connectivity index (χ0) is 57.7. The van der Waals surface area contributed by atoms with Gasteiger partial charge >= 0.3 is 7.32 Å². The monoisotopic (exact) mass is 1130 g/mol. The fourth-order valence-corrected chi connectivity index (χ4v) is 14.2. The molecule has 0 aromatic carbocycles. The van der Waals surface area contributed by atoms with Gasteiger partial charge in [0.25, 0.3) is 0 Å². The van der Waals surface area contributed by atoms with E-state index in [4.69, 9.17) is 15.1 Å². The highest BCUT2D eigenvalue weighted by molar-refractivity contribution is 8.01. The maximum absolute atomic E-state index is 12.2. The Kier molecular flexibility index (Phi) is 66.5. The van der Waals surface area contributed by atoms with Gasteiger partial charge in [-0.05, 0) is 45.4 Å². The van der Waals surface area contributed by atoms with Crippen LogP contribution in [0, 0.1) is 0 Å². The van der Waals surface area contributed by atoms with Gasteiger partial charge in [-0.2, -0.15) is 0 Å². The summed E-state index contributed by atoms with van der Waals surface area (Å²) in [4.78, 5) is 0. The molecule has 6 unspecified atom stereocenters. The van der Waals surface area contributed by atoms with Crippen LogP contribution in [0.3, 0.4) is 0 Å². The van der Waals surface area contributed by atoms with Gasteiger partial charge in [0.15, 0.2) is 0 Å². The molecule has 0 amide bonds. The first-order chi connectivity index (χ1) is 38.0. The number of thioether (sulfide) groups is 1. The van der Waals surface area contributed by atoms with Gasteiger partial charge in [-0.25, -0.2) is 0 Å². The van der Waals surface area contributed by atoms with Crippen molar-refractivity contribution in [2.45, 2.75) is 441 Å². The molecule has 0 aliphatic rings. The summed E-state index contributed by atoms with van der Waals surface area (Å²) in [6, 6.07) is 0. The summed E-state index contributed by atoms with van der Waals surface area (Å²) in [7, 11) is -2.17. The van der Waals surface area contributed by atoms with Gasteiger partial charge in [0.05, 0.1) is 24.4 Å². The second kappa shape index (κ2) is 64.7. The molecule has 9 heteroatoms. The molecule has 0 rings (SSSR count). The summed E-state index contributed by atoms with van der Waals surface area (Å²) in [5, 5.41) is 68.8. The third-order valence-electron chi connectivity index (χ3n) is 17.1. The standard InChI is InChI=1S/C69H140O4S.BH3O3/c1-6-10-14-18-22-26-30-32-34-36-40-44-48-52-56-60-67(62-65(71)58-54-50-46-42-38-28-24-20-16-12-8-3)74-69(68(73)64(5)70,63-66(72)59-55-51-47-43-39-29-25-21-17-13-9-4)61-57-53-49-45-41-37-35-33-31-27-23-19-15-11-7-2;2-1(3)4/h64-68,70-73H,6-63H2,1-5H3;2-4H. The van der Waals surface area contributed by atoms with E-state index in [-0.39, 0.29) is 11.4 Å². The van der Waals surface area contributed by atoms with E-state index in [0.29, 0.717) is 6.42 Å². The maximum Gasteiger partial charge on any atom is 0.631 e. The lowest BCUT2D eigenvalue weighted by molar-refractivity contribution is -0.0122. The van der Waals surface area contributed by atoms with Crippen molar-refractivity contribution in [1.82, 2.24) is 0 Å². The van der Waals surface area contributed by atoms with E-state index in [1.807, 2.05) is 11.8 Å². The average molecular weight is 1130 g/mol. The van der Waals surface area contributed by atoms with E-state index in [9.17, 15) is 20.4 Å². The Hall–Kier alpha value is 0.135. The van der Waals surface area contributed by atoms with Gasteiger partial charge < -0.3 is 35.5 Å². The molecule has 7 N–H and O–H groups in total. The van der Waals surface area contributed by atoms with Crippen molar-refractivity contribution in [3.8, 4) is 0 Å². The van der Waals surface area contributed by atoms with Crippen LogP contribution in [0.15, 0.2) is 0 Å². The van der Waals surface area contributed by atoms with Crippen molar-refractivity contribution in [2.24, 2.45) is 0 Å². The van der Waals surface area contributed by atoms with Crippen LogP contribution < -0.4 is 0 Å². The molecule has 0 aromatic heterocycles. The molecular formula is C69H143BO7S. The van der Waals surface area contributed by atoms with Gasteiger partial charge in [-0.3, -0.25) is 0 Å². The number of aliphatic hydroxyl groups excluding tert-OH is 4. The molecule has 0 heterocycles. The van der Waals surface area contributed by atoms with Crippen molar-refractivity contribution in [3.63, 3.8) is 0 Å². The maximum atomic E-state index is 12.2. The Balaban J connectivity index is 0. The minimum Gasteiger partial charge on any atom is -0.402 e. The quantitative estimate of drug-likeness (QED) is 0.0236. The molecule has 6 atom stereocenters. The molecule has 0 aliphatic carbocycles. The predicted molar refractivity (Wildman–Crippen MR) is 347 cm³/mol. The number of hydrogen-bond acceptors (Lipinski definition) is 8. The third kappa shape index (κ3) is 59.3. The molecule has 7 nitrogen and oxygen atoms in total. The summed E-state index contributed by atoms with van der Waals surface area (Å²) < 4.78 is -0.627. The lowest BCUT2D eigenvalue weighted by Crippen LogP contribution is -2.49. The van der Waals surface area contributed by atoms with Crippen LogP contribution in [0.5, 0.6) is 0 Å². The number of aliphatic hydroxyl groups is 4. The zero-order valence-electron chi connectivity index (χ0n) is 53.5. The van der Waals surface area contributed by atoms with Gasteiger partial charge in [0, 0.05) is 10.00 Å². The summed E-state index contributed by atoms with van der Waals surface area (Å²) in [5.41, 5.74) is 0. The van der Waals surface area contributed by atoms with Crippen LogP contribution in [0.4, 0.5) is 0 Å². The lowest BCUT2D eigenvalue weighted by Gasteiger charge is -2.43. The first kappa shape index (κ1) is 80.2. The first-order valence-electron chi connectivity index (χ1n) is 35.4. The Morgan fingerprint density at radius 1 is 0.308 bits per heavy atom. The first-order valence-corrected chi connectivity index (χ1v) is 36.3. The Morgan fingerprint density at radius 2 is 0.526 bits per heavy atom. The van der Waals surface area contributed by atoms with Gasteiger partial charge in [-0.1, -0.05) is 362 Å². The summed E-state index contributed by atoms with van der Waals surface area (Å²) in [6.45, 7) is 11.0. The fraction of sp³-hybridized carbons (Fsp3) is 1.00. The molecule has 0 saturated carbocycles. The molecule has 0 saturated heterocycles. The van der Waals surface area contributed by atoms with Crippen LogP contribution in [-0.2, 0) is 0 Å². The average Bonchev–Trinajstić information content (AvgIpc) is 3.41. The van der Waals surface area contributed by atoms with Gasteiger partial charge in [0.1, 0.15) is 0 Å². The summed E-state index contributed by atoms with van der Waals surface area (Å²) in [5.74, 6) is 0. The normalized spacial score (nSPS) is 14.5. The van der Waals surface area contributed by atoms with Gasteiger partial charge in [0.2, 0.25) is 0 Å². The van der Waals surface area contributed by atoms with Crippen molar-refractivity contribution in [1.29, 1.82) is 0 Å². The molecule has 0 aromatic rings. The number of rotatable bonds is 64. The largest absolute Gasteiger partial charge is 0.631 e. The highest BCUT2D eigenvalue weighted by Gasteiger charge is 2.44. The van der Waals surface area contributed by atoms with Crippen LogP contribution in [0.1, 0.15) is 407 Å². The molecule has 78 heavy (non-hydrogen) atoms. The SMILES string of the molecule is CCCCCCCCCCCCCCCCCC(CC(O)CCCCCCCCCCCCC)SC(CCCCCCCCCCCCCCCCC)(CC(O)CCCCCCCCCCCCC)C(O)C(C)O.OB(O)O. The molecule has 0 fully saturated rings. The summed E-state index contributed by atoms with van der Waals surface area (Å²) in [6.07, 6.45) is 71.2. The topological polar surface area (TPSA) is 142 Å². The van der Waals surface area contributed by atoms with Crippen molar-refractivity contribution in [3.05, 3.63) is 0 Å². The fourth-order valence-electron chi connectivity index (χ4n) is 12.1. The molecule has 0 aliphatic heterocycles. The summed E-state index contributed by atoms with van der Waals surface area (Å²) >= 11 is 1.89. The molecular weight excluding hydrogens is 984 g/mol. The highest BCUT2D eigenvalue weighted by Crippen LogP contribution is 2.46. The van der Waals surface area contributed by atoms with Crippen LogP contribution in [0.25, 0.3) is 0 Å². The third-order valence-corrected chi connectivity index (χ3v) is 19.0. The number of unbranched alkanes of at least 4 members (excludes halogenated alkanes) is 48. The molecule has 0 bridgehead atoms. The second-order valence-electron chi connectivity index (χ2n) is 25.2. The smallest absolute Gasteiger partial charge is 0.402 e. The second-order valence-corrected chi connectivity index (χ2v) is 26.9. The Morgan fingerprint density at radius 3 is 0.782 bits per heavy atom. The van der Waals surface area contributed by atoms with Crippen molar-refractivity contribution in [2.75, 3.05) is 0 Å². The number of hydrogen-bond donors (Lipinski definition) is 7. The van der Waals surface area contributed by atoms with Crippen molar-refractivity contribution >= 4 is 19.1 Å². The zero-order valence-corrected chi connectivity index (χ0v) is 54.3. The van der Waals surface area contributed by atoms with E-state index in [1.54, 1.807) is 6.92 Å². The molecule has 0 spiro atoms. The molecule has 0 radical (unpaired) electrons. The van der Waals surface area contributed by atoms with E-state index in [2.05, 4.69) is 27.7 Å². The van der Waals surface area contributed by atoms with Crippen LogP contribution >= 0.6 is 11.8 Å². The van der Waals surface area contributed by atoms with Crippen LogP contribution in [-0.4, -0.2) is 77.2 Å². The van der Waals surface area contributed by atoms with Crippen LogP contribution in [0.2, 0.25) is 0 Å². The van der Waals surface area contributed by atoms with Gasteiger partial charge in [-0.15, -0.1) is 11.8 Å². The van der Waals surface area contributed by atoms with E-state index >= 15 is 0 Å². The Bertz CT molecular complexity index is 1100.